The number of hydrogen-bond donors (Lipinski definition) is 1. The van der Waals surface area contributed by atoms with Gasteiger partial charge in [-0.3, -0.25) is 14.5 Å². The molecule has 0 aromatic heterocycles. The summed E-state index contributed by atoms with van der Waals surface area (Å²) in [6.07, 6.45) is -0.964. The number of fused-ring (bicyclic) bond motifs is 1. The Hall–Kier alpha value is -4.27. The number of ether oxygens (including phenoxy) is 1. The molecule has 2 amide bonds. The molecule has 206 valence electrons. The number of likely N-dealkylation sites (N-methyl/N-ethyl adjacent to an activating group) is 2. The maximum Gasteiger partial charge on any atom is 0.337 e. The van der Waals surface area contributed by atoms with E-state index in [1.54, 1.807) is 0 Å². The van der Waals surface area contributed by atoms with Crippen molar-refractivity contribution in [3.05, 3.63) is 94.8 Å². The van der Waals surface area contributed by atoms with Crippen molar-refractivity contribution in [3.63, 3.8) is 0 Å². The van der Waals surface area contributed by atoms with Crippen LogP contribution in [-0.2, 0) is 20.7 Å². The molecule has 0 saturated carbocycles. The maximum atomic E-state index is 13.9. The van der Waals surface area contributed by atoms with Gasteiger partial charge in [-0.2, -0.15) is 0 Å². The Bertz CT molecular complexity index is 2370. The van der Waals surface area contributed by atoms with Crippen LogP contribution >= 0.6 is 0 Å². The number of nitrogens with one attached hydrogen (secondary N) is 1. The number of piperazine rings is 1. The van der Waals surface area contributed by atoms with Crippen molar-refractivity contribution < 1.29 is 46.5 Å². The smallest absolute Gasteiger partial charge is 0.337 e. The molecule has 0 radical (unpaired) electrons. The Morgan fingerprint density at radius 1 is 1.00 bits per heavy atom. The largest absolute Gasteiger partial charge is 0.465 e. The number of amides is 2. The molecular formula is C32H34N4O4. The summed E-state index contributed by atoms with van der Waals surface area (Å²) < 4.78 is 175. The molecule has 3 aromatic carbocycles. The second kappa shape index (κ2) is 11.9. The average molecular weight is 559 g/mol. The number of esters is 1. The summed E-state index contributed by atoms with van der Waals surface area (Å²) in [4.78, 5) is 40.8. The van der Waals surface area contributed by atoms with E-state index in [0.717, 1.165) is 21.2 Å². The maximum absolute atomic E-state index is 13.9. The van der Waals surface area contributed by atoms with Gasteiger partial charge in [-0.15, -0.1) is 0 Å². The van der Waals surface area contributed by atoms with E-state index in [1.165, 1.54) is 0 Å². The Balaban J connectivity index is 1.73. The third-order valence-electron chi connectivity index (χ3n) is 5.75. The number of nitrogens with zero attached hydrogens (tertiary/aromatic N) is 3. The van der Waals surface area contributed by atoms with Gasteiger partial charge in [-0.25, -0.2) is 4.79 Å². The summed E-state index contributed by atoms with van der Waals surface area (Å²) in [5.74, 6) is -3.70. The Kier molecular flexibility index (Phi) is 3.58. The molecule has 0 bridgehead atoms. The molecule has 8 nitrogen and oxygen atoms in total. The van der Waals surface area contributed by atoms with Gasteiger partial charge in [-0.1, -0.05) is 48.3 Å². The fraction of sp³-hybridized carbons (Fsp3) is 0.281. The second-order valence-corrected chi connectivity index (χ2v) is 8.35. The van der Waals surface area contributed by atoms with Crippen LogP contribution in [0.3, 0.4) is 0 Å². The van der Waals surface area contributed by atoms with E-state index < -0.39 is 174 Å². The van der Waals surface area contributed by atoms with E-state index >= 15 is 0 Å². The number of benzene rings is 3. The van der Waals surface area contributed by atoms with Crippen molar-refractivity contribution >= 4 is 40.3 Å². The molecule has 1 saturated heterocycles. The average Bonchev–Trinajstić information content (AvgIpc) is 3.53. The van der Waals surface area contributed by atoms with Gasteiger partial charge in [0.05, 0.1) is 41.2 Å². The predicted molar refractivity (Wildman–Crippen MR) is 157 cm³/mol. The van der Waals surface area contributed by atoms with Crippen molar-refractivity contribution in [1.82, 2.24) is 9.80 Å². The van der Waals surface area contributed by atoms with Crippen LogP contribution in [-0.4, -0.2) is 81.3 Å². The zero-order valence-corrected chi connectivity index (χ0v) is 21.4. The van der Waals surface area contributed by atoms with Crippen molar-refractivity contribution in [2.45, 2.75) is 6.42 Å². The molecule has 3 aromatic rings. The fourth-order valence-electron chi connectivity index (χ4n) is 3.71. The number of allylic oxidation sites excluding steroid dienone is 1. The lowest BCUT2D eigenvalue weighted by Crippen LogP contribution is -2.48. The van der Waals surface area contributed by atoms with Crippen LogP contribution in [0.25, 0.3) is 11.1 Å². The molecule has 0 spiro atoms. The highest BCUT2D eigenvalue weighted by atomic mass is 16.5. The van der Waals surface area contributed by atoms with E-state index in [2.05, 4.69) is 10.1 Å². The first kappa shape index (κ1) is 12.1. The lowest BCUT2D eigenvalue weighted by Gasteiger charge is -2.32. The monoisotopic (exact) mass is 558 g/mol. The zero-order chi connectivity index (χ0) is 45.8. The highest BCUT2D eigenvalue weighted by molar-refractivity contribution is 6.37. The van der Waals surface area contributed by atoms with Crippen LogP contribution in [0.4, 0.5) is 11.4 Å². The summed E-state index contributed by atoms with van der Waals surface area (Å²) in [6.45, 7) is -14.6. The van der Waals surface area contributed by atoms with Crippen LogP contribution < -0.4 is 10.2 Å². The molecule has 0 aliphatic carbocycles. The van der Waals surface area contributed by atoms with Gasteiger partial charge in [0.2, 0.25) is 5.91 Å². The number of rotatable bonds is 7. The molecule has 1 N–H and O–H groups in total. The van der Waals surface area contributed by atoms with E-state index in [9.17, 15) is 14.4 Å². The number of carbonyl (C=O) groups is 3. The normalized spacial score (nSPS) is 28.9. The summed E-state index contributed by atoms with van der Waals surface area (Å²) in [5.41, 5.74) is -5.06. The van der Waals surface area contributed by atoms with Crippen molar-refractivity contribution in [2.75, 3.05) is 64.0 Å². The first-order valence-corrected chi connectivity index (χ1v) is 11.6. The zero-order valence-electron chi connectivity index (χ0n) is 41.4. The molecule has 2 aliphatic rings. The minimum Gasteiger partial charge on any atom is -0.465 e. The van der Waals surface area contributed by atoms with Crippen molar-refractivity contribution in [2.24, 2.45) is 0 Å². The van der Waals surface area contributed by atoms with Gasteiger partial charge in [0.1, 0.15) is 0 Å². The van der Waals surface area contributed by atoms with Gasteiger partial charge in [0.25, 0.3) is 5.91 Å². The standard InChI is InChI=1S/C32H34N4O4/c1-34-15-17-36(18-16-34)21-29(37)35(2)25-12-9-22(10-13-25)19-27(23-7-5-4-6-8-23)30-26-14-11-24(32(39)40-3)20-28(26)33-31(30)38/h4-14,20H,15-19,21H2,1-3H3,(H,33,38)/b30-27+/i4D,5D,6D,7D,8D,9D,10D,11D,12D,13D,14D,15D2,16D2,17D2,18D2,20D. The highest BCUT2D eigenvalue weighted by Gasteiger charge is 2.29. The summed E-state index contributed by atoms with van der Waals surface area (Å²) in [6, 6.07) is -10.8. The minimum atomic E-state index is -3.37. The molecule has 2 heterocycles. The summed E-state index contributed by atoms with van der Waals surface area (Å²) in [5, 5.41) is 2.30. The third kappa shape index (κ3) is 5.83. The molecule has 0 atom stereocenters. The molecule has 0 unspecified atom stereocenters. The van der Waals surface area contributed by atoms with Gasteiger partial charge in [0, 0.05) is 60.9 Å². The van der Waals surface area contributed by atoms with E-state index in [0.29, 0.717) is 4.90 Å². The van der Waals surface area contributed by atoms with Crippen LogP contribution in [0.15, 0.2) is 72.5 Å². The quantitative estimate of drug-likeness (QED) is 0.351. The number of methoxy groups -OCH3 is 1. The van der Waals surface area contributed by atoms with Crippen molar-refractivity contribution in [1.29, 1.82) is 0 Å². The van der Waals surface area contributed by atoms with E-state index in [4.69, 9.17) is 27.4 Å². The molecule has 1 fully saturated rings. The van der Waals surface area contributed by atoms with Crippen molar-refractivity contribution in [3.8, 4) is 0 Å². The summed E-state index contributed by atoms with van der Waals surface area (Å²) in [7, 11) is 2.69. The van der Waals surface area contributed by atoms with Gasteiger partial charge < -0.3 is 19.9 Å². The third-order valence-corrected chi connectivity index (χ3v) is 5.75. The Labute approximate surface area is 262 Å². The van der Waals surface area contributed by atoms with Crippen LogP contribution in [0.2, 0.25) is 0 Å². The van der Waals surface area contributed by atoms with Crippen LogP contribution in [0.1, 0.15) is 54.5 Å². The Morgan fingerprint density at radius 3 is 2.38 bits per heavy atom. The second-order valence-electron chi connectivity index (χ2n) is 8.35. The van der Waals surface area contributed by atoms with Gasteiger partial charge in [0.15, 0.2) is 0 Å². The molecule has 5 rings (SSSR count). The number of hydrogen-bond acceptors (Lipinski definition) is 6. The van der Waals surface area contributed by atoms with Crippen LogP contribution in [0.5, 0.6) is 0 Å². The van der Waals surface area contributed by atoms with E-state index in [-0.39, 0.29) is 9.80 Å². The van der Waals surface area contributed by atoms with Gasteiger partial charge >= 0.3 is 5.97 Å². The topological polar surface area (TPSA) is 82.2 Å². The van der Waals surface area contributed by atoms with Crippen LogP contribution in [0, 0.1) is 0 Å². The van der Waals surface area contributed by atoms with E-state index in [1.807, 2.05) is 0 Å². The van der Waals surface area contributed by atoms with Gasteiger partial charge in [-0.05, 0) is 54.3 Å². The predicted octanol–water partition coefficient (Wildman–Crippen LogP) is 3.79. The Morgan fingerprint density at radius 2 is 1.70 bits per heavy atom. The lowest BCUT2D eigenvalue weighted by atomic mass is 9.90. The number of anilines is 2. The molecule has 2 aliphatic heterocycles. The molecule has 8 heteroatoms. The SMILES string of the molecule is [2H]c1c([2H])c([2H])c(/C(Cc2c([2H])c([2H])c(N(C)C(=O)CN3C([2H])([2H])C([2H])([2H])N(C)C([2H])([2H])C3([2H])[2H])c([2H])c2[2H])=C2/C(=O)Nc3c([2H])c(C(=O)OC)c([2H])c([2H])c32)c([2H])c1[2H]. The first-order chi connectivity index (χ1) is 27.4. The fourth-order valence-corrected chi connectivity index (χ4v) is 3.71. The lowest BCUT2D eigenvalue weighted by molar-refractivity contribution is -0.119. The highest BCUT2D eigenvalue weighted by Crippen LogP contribution is 2.39. The summed E-state index contributed by atoms with van der Waals surface area (Å²) >= 11 is 0. The first-order valence-electron chi connectivity index (χ1n) is 21.6. The number of carbonyl (C=O) groups excluding carboxylic acids is 3. The molecule has 40 heavy (non-hydrogen) atoms. The minimum absolute atomic E-state index is 0.00593. The molecular weight excluding hydrogens is 504 g/mol.